The van der Waals surface area contributed by atoms with E-state index in [1.807, 2.05) is 25.1 Å². The molecule has 0 fully saturated rings. The van der Waals surface area contributed by atoms with Crippen LogP contribution in [0.15, 0.2) is 84.9 Å². The lowest BCUT2D eigenvalue weighted by molar-refractivity contribution is 0.0734. The van der Waals surface area contributed by atoms with Crippen molar-refractivity contribution < 1.29 is 19.0 Å². The largest absolute Gasteiger partial charge is 0.493 e. The maximum atomic E-state index is 12.5. The molecule has 0 radical (unpaired) electrons. The second kappa shape index (κ2) is 12.0. The van der Waals surface area contributed by atoms with Gasteiger partial charge in [-0.05, 0) is 95.9 Å². The van der Waals surface area contributed by atoms with Gasteiger partial charge in [0.05, 0.1) is 12.2 Å². The number of hydrogen-bond acceptors (Lipinski definition) is 4. The van der Waals surface area contributed by atoms with E-state index in [1.54, 1.807) is 36.4 Å². The van der Waals surface area contributed by atoms with E-state index in [4.69, 9.17) is 14.2 Å². The zero-order chi connectivity index (χ0) is 25.3. The lowest BCUT2D eigenvalue weighted by Gasteiger charge is -2.11. The van der Waals surface area contributed by atoms with Gasteiger partial charge in [-0.15, -0.1) is 5.92 Å². The molecule has 0 heterocycles. The molecule has 0 saturated heterocycles. The van der Waals surface area contributed by atoms with Crippen molar-refractivity contribution in [2.75, 3.05) is 6.61 Å². The summed E-state index contributed by atoms with van der Waals surface area (Å²) in [5.41, 5.74) is 2.53. The van der Waals surface area contributed by atoms with Gasteiger partial charge in [0.2, 0.25) is 0 Å². The van der Waals surface area contributed by atoms with Gasteiger partial charge in [0.25, 0.3) is 0 Å². The fourth-order valence-corrected chi connectivity index (χ4v) is 3.59. The highest BCUT2D eigenvalue weighted by atomic mass is 16.5. The summed E-state index contributed by atoms with van der Waals surface area (Å²) in [6.07, 6.45) is 1.07. The van der Waals surface area contributed by atoms with Gasteiger partial charge in [-0.3, -0.25) is 0 Å². The summed E-state index contributed by atoms with van der Waals surface area (Å²) in [6.45, 7) is 7.22. The first kappa shape index (κ1) is 24.9. The second-order valence-electron chi connectivity index (χ2n) is 8.77. The number of fused-ring (bicyclic) bond motifs is 1. The Bertz CT molecular complexity index is 1380. The fraction of sp³-hybridized carbons (Fsp3) is 0.219. The average molecular weight is 479 g/mol. The molecule has 0 aliphatic rings. The Balaban J connectivity index is 1.31. The quantitative estimate of drug-likeness (QED) is 0.142. The lowest BCUT2D eigenvalue weighted by Crippen LogP contribution is -2.09. The third kappa shape index (κ3) is 6.67. The van der Waals surface area contributed by atoms with E-state index < -0.39 is 5.97 Å². The number of esters is 1. The zero-order valence-corrected chi connectivity index (χ0v) is 20.9. The molecule has 4 aromatic carbocycles. The van der Waals surface area contributed by atoms with Crippen molar-refractivity contribution >= 4 is 16.7 Å². The maximum absolute atomic E-state index is 12.5. The van der Waals surface area contributed by atoms with Gasteiger partial charge in [0, 0.05) is 5.56 Å². The minimum Gasteiger partial charge on any atom is -0.493 e. The summed E-state index contributed by atoms with van der Waals surface area (Å²) in [6, 6.07) is 26.5. The van der Waals surface area contributed by atoms with Crippen LogP contribution >= 0.6 is 0 Å². The van der Waals surface area contributed by atoms with Gasteiger partial charge in [0.15, 0.2) is 0 Å². The highest BCUT2D eigenvalue weighted by Crippen LogP contribution is 2.22. The van der Waals surface area contributed by atoms with Crippen molar-refractivity contribution in [3.05, 3.63) is 102 Å². The van der Waals surface area contributed by atoms with Crippen LogP contribution in [-0.2, 0) is 6.61 Å². The van der Waals surface area contributed by atoms with E-state index in [9.17, 15) is 4.79 Å². The van der Waals surface area contributed by atoms with Gasteiger partial charge in [-0.2, -0.15) is 0 Å². The van der Waals surface area contributed by atoms with E-state index in [0.717, 1.165) is 34.1 Å². The van der Waals surface area contributed by atoms with E-state index >= 15 is 0 Å². The van der Waals surface area contributed by atoms with Gasteiger partial charge in [-0.1, -0.05) is 44.4 Å². The molecule has 182 valence electrons. The Labute approximate surface area is 212 Å². The third-order valence-corrected chi connectivity index (χ3v) is 5.94. The van der Waals surface area contributed by atoms with Crippen LogP contribution in [0.3, 0.4) is 0 Å². The summed E-state index contributed by atoms with van der Waals surface area (Å²) in [5.74, 6) is 8.01. The molecule has 1 unspecified atom stereocenters. The first-order valence-corrected chi connectivity index (χ1v) is 12.2. The van der Waals surface area contributed by atoms with E-state index in [-0.39, 0.29) is 0 Å². The standard InChI is InChI=1S/C32H30O4/c1-4-6-24-7-9-28-20-25(8-10-27(28)19-24)22-35-29-13-11-26(12-14-29)32(33)36-31-17-15-30(16-18-31)34-21-23(3)5-2/h7-20,23H,5,21-22H2,1-3H3. The average Bonchev–Trinajstić information content (AvgIpc) is 2.91. The van der Waals surface area contributed by atoms with Crippen LogP contribution in [0.2, 0.25) is 0 Å². The van der Waals surface area contributed by atoms with Crippen molar-refractivity contribution in [2.45, 2.75) is 33.8 Å². The first-order valence-electron chi connectivity index (χ1n) is 12.2. The molecule has 36 heavy (non-hydrogen) atoms. The molecule has 0 aliphatic heterocycles. The predicted octanol–water partition coefficient (Wildman–Crippen LogP) is 7.43. The Kier molecular flexibility index (Phi) is 8.26. The molecule has 1 atom stereocenters. The molecular weight excluding hydrogens is 448 g/mol. The summed E-state index contributed by atoms with van der Waals surface area (Å²) < 4.78 is 17.2. The summed E-state index contributed by atoms with van der Waals surface area (Å²) in [5, 5.41) is 2.29. The molecule has 0 spiro atoms. The SMILES string of the molecule is CC#Cc1ccc2cc(COc3ccc(C(=O)Oc4ccc(OCC(C)CC)cc4)cc3)ccc2c1. The molecule has 4 rings (SSSR count). The molecule has 4 nitrogen and oxygen atoms in total. The van der Waals surface area contributed by atoms with Gasteiger partial charge in [-0.25, -0.2) is 4.79 Å². The molecule has 0 amide bonds. The molecule has 0 bridgehead atoms. The fourth-order valence-electron chi connectivity index (χ4n) is 3.59. The number of carbonyl (C=O) groups excluding carboxylic acids is 1. The third-order valence-electron chi connectivity index (χ3n) is 5.94. The maximum Gasteiger partial charge on any atom is 0.343 e. The summed E-state index contributed by atoms with van der Waals surface area (Å²) in [7, 11) is 0. The molecule has 4 heteroatoms. The highest BCUT2D eigenvalue weighted by molar-refractivity contribution is 5.91. The van der Waals surface area contributed by atoms with Crippen molar-refractivity contribution in [1.82, 2.24) is 0 Å². The van der Waals surface area contributed by atoms with Crippen LogP contribution in [0, 0.1) is 17.8 Å². The first-order chi connectivity index (χ1) is 17.5. The minimum atomic E-state index is -0.420. The molecule has 0 N–H and O–H groups in total. The highest BCUT2D eigenvalue weighted by Gasteiger charge is 2.10. The van der Waals surface area contributed by atoms with Crippen molar-refractivity contribution in [3.8, 4) is 29.1 Å². The number of hydrogen-bond donors (Lipinski definition) is 0. The van der Waals surface area contributed by atoms with Gasteiger partial charge >= 0.3 is 5.97 Å². The number of rotatable bonds is 9. The van der Waals surface area contributed by atoms with Crippen LogP contribution in [0.25, 0.3) is 10.8 Å². The summed E-state index contributed by atoms with van der Waals surface area (Å²) >= 11 is 0. The molecule has 0 saturated carbocycles. The molecule has 0 aromatic heterocycles. The number of ether oxygens (including phenoxy) is 3. The zero-order valence-electron chi connectivity index (χ0n) is 20.9. The minimum absolute atomic E-state index is 0.420. The van der Waals surface area contributed by atoms with E-state index in [1.165, 1.54) is 0 Å². The Morgan fingerprint density at radius 3 is 2.17 bits per heavy atom. The van der Waals surface area contributed by atoms with Crippen LogP contribution in [0.4, 0.5) is 0 Å². The predicted molar refractivity (Wildman–Crippen MR) is 144 cm³/mol. The number of carbonyl (C=O) groups is 1. The van der Waals surface area contributed by atoms with Gasteiger partial charge < -0.3 is 14.2 Å². The normalized spacial score (nSPS) is 11.3. The van der Waals surface area contributed by atoms with Crippen LogP contribution in [0.1, 0.15) is 48.7 Å². The Morgan fingerprint density at radius 1 is 0.806 bits per heavy atom. The number of benzene rings is 4. The van der Waals surface area contributed by atoms with Gasteiger partial charge in [0.1, 0.15) is 23.9 Å². The smallest absolute Gasteiger partial charge is 0.343 e. The van der Waals surface area contributed by atoms with Crippen LogP contribution < -0.4 is 14.2 Å². The van der Waals surface area contributed by atoms with E-state index in [2.05, 4.69) is 56.0 Å². The molecule has 4 aromatic rings. The van der Waals surface area contributed by atoms with Crippen molar-refractivity contribution in [3.63, 3.8) is 0 Å². The lowest BCUT2D eigenvalue weighted by atomic mass is 10.0. The molecular formula is C32H30O4. The molecule has 0 aliphatic carbocycles. The van der Waals surface area contributed by atoms with Crippen LogP contribution in [-0.4, -0.2) is 12.6 Å². The topological polar surface area (TPSA) is 44.8 Å². The second-order valence-corrected chi connectivity index (χ2v) is 8.77. The Morgan fingerprint density at radius 2 is 1.44 bits per heavy atom. The monoisotopic (exact) mass is 478 g/mol. The van der Waals surface area contributed by atoms with Crippen molar-refractivity contribution in [1.29, 1.82) is 0 Å². The van der Waals surface area contributed by atoms with Crippen molar-refractivity contribution in [2.24, 2.45) is 5.92 Å². The summed E-state index contributed by atoms with van der Waals surface area (Å²) in [4.78, 5) is 12.5. The van der Waals surface area contributed by atoms with E-state index in [0.29, 0.717) is 36.2 Å². The van der Waals surface area contributed by atoms with Crippen LogP contribution in [0.5, 0.6) is 17.2 Å². The Hall–Kier alpha value is -4.23.